The molecule has 0 radical (unpaired) electrons. The smallest absolute Gasteiger partial charge is 0.267 e. The standard InChI is InChI=1S/C10H14N4O/c11-9(15)8-5-6-12-10(14-8)13-7-3-1-2-4-7/h5-7H,1-4H2,(H2,11,15)(H,12,13,14). The van der Waals surface area contributed by atoms with Crippen molar-refractivity contribution in [2.45, 2.75) is 31.7 Å². The Morgan fingerprint density at radius 1 is 1.47 bits per heavy atom. The Morgan fingerprint density at radius 3 is 2.87 bits per heavy atom. The predicted octanol–water partition coefficient (Wildman–Crippen LogP) is 0.930. The Morgan fingerprint density at radius 2 is 2.20 bits per heavy atom. The first-order valence-electron chi connectivity index (χ1n) is 5.15. The average molecular weight is 206 g/mol. The van der Waals surface area contributed by atoms with Crippen molar-refractivity contribution < 1.29 is 4.79 Å². The van der Waals surface area contributed by atoms with E-state index in [2.05, 4.69) is 15.3 Å². The van der Waals surface area contributed by atoms with Crippen molar-refractivity contribution in [3.63, 3.8) is 0 Å². The molecule has 0 aromatic carbocycles. The topological polar surface area (TPSA) is 80.9 Å². The summed E-state index contributed by atoms with van der Waals surface area (Å²) in [5.41, 5.74) is 5.39. The molecule has 1 heterocycles. The molecule has 1 aromatic heterocycles. The Kier molecular flexibility index (Phi) is 2.80. The van der Waals surface area contributed by atoms with Crippen molar-refractivity contribution in [1.82, 2.24) is 9.97 Å². The largest absolute Gasteiger partial charge is 0.364 e. The zero-order valence-electron chi connectivity index (χ0n) is 8.44. The van der Waals surface area contributed by atoms with Crippen molar-refractivity contribution in [3.05, 3.63) is 18.0 Å². The van der Waals surface area contributed by atoms with Gasteiger partial charge in [-0.3, -0.25) is 4.79 Å². The van der Waals surface area contributed by atoms with Gasteiger partial charge >= 0.3 is 0 Å². The van der Waals surface area contributed by atoms with Crippen LogP contribution in [0.3, 0.4) is 0 Å². The van der Waals surface area contributed by atoms with Gasteiger partial charge in [0.15, 0.2) is 0 Å². The van der Waals surface area contributed by atoms with Gasteiger partial charge in [0, 0.05) is 12.2 Å². The summed E-state index contributed by atoms with van der Waals surface area (Å²) in [4.78, 5) is 19.0. The molecule has 0 spiro atoms. The molecule has 0 saturated heterocycles. The third kappa shape index (κ3) is 2.43. The Hall–Kier alpha value is -1.65. The van der Waals surface area contributed by atoms with Gasteiger partial charge in [-0.05, 0) is 18.9 Å². The van der Waals surface area contributed by atoms with Crippen LogP contribution in [0.15, 0.2) is 12.3 Å². The highest BCUT2D eigenvalue weighted by Gasteiger charge is 2.15. The monoisotopic (exact) mass is 206 g/mol. The first-order valence-corrected chi connectivity index (χ1v) is 5.15. The van der Waals surface area contributed by atoms with Gasteiger partial charge in [-0.2, -0.15) is 0 Å². The quantitative estimate of drug-likeness (QED) is 0.770. The lowest BCUT2D eigenvalue weighted by Crippen LogP contribution is -2.19. The summed E-state index contributed by atoms with van der Waals surface area (Å²) in [7, 11) is 0. The summed E-state index contributed by atoms with van der Waals surface area (Å²) in [5, 5.41) is 3.21. The zero-order valence-corrected chi connectivity index (χ0v) is 8.44. The first kappa shape index (κ1) is 9.89. The molecule has 1 fully saturated rings. The first-order chi connectivity index (χ1) is 7.25. The van der Waals surface area contributed by atoms with E-state index < -0.39 is 5.91 Å². The summed E-state index contributed by atoms with van der Waals surface area (Å²) < 4.78 is 0. The van der Waals surface area contributed by atoms with E-state index >= 15 is 0 Å². The molecule has 5 heteroatoms. The number of nitrogens with two attached hydrogens (primary N) is 1. The molecular weight excluding hydrogens is 192 g/mol. The minimum absolute atomic E-state index is 0.255. The zero-order chi connectivity index (χ0) is 10.7. The molecule has 1 aliphatic carbocycles. The fourth-order valence-corrected chi connectivity index (χ4v) is 1.82. The van der Waals surface area contributed by atoms with E-state index in [1.807, 2.05) is 0 Å². The molecule has 2 rings (SSSR count). The third-order valence-electron chi connectivity index (χ3n) is 2.60. The lowest BCUT2D eigenvalue weighted by atomic mass is 10.2. The van der Waals surface area contributed by atoms with Gasteiger partial charge in [0.1, 0.15) is 5.69 Å². The molecule has 3 N–H and O–H groups in total. The molecule has 1 saturated carbocycles. The number of primary amides is 1. The highest BCUT2D eigenvalue weighted by atomic mass is 16.1. The van der Waals surface area contributed by atoms with Crippen molar-refractivity contribution in [2.24, 2.45) is 5.73 Å². The number of nitrogens with one attached hydrogen (secondary N) is 1. The molecule has 0 bridgehead atoms. The van der Waals surface area contributed by atoms with E-state index in [1.165, 1.54) is 18.9 Å². The number of carbonyl (C=O) groups is 1. The van der Waals surface area contributed by atoms with E-state index in [4.69, 9.17) is 5.73 Å². The fraction of sp³-hybridized carbons (Fsp3) is 0.500. The molecule has 0 aliphatic heterocycles. The van der Waals surface area contributed by atoms with Gasteiger partial charge < -0.3 is 11.1 Å². The van der Waals surface area contributed by atoms with Crippen LogP contribution in [0.2, 0.25) is 0 Å². The summed E-state index contributed by atoms with van der Waals surface area (Å²) in [6, 6.07) is 1.95. The fourth-order valence-electron chi connectivity index (χ4n) is 1.82. The van der Waals surface area contributed by atoms with Crippen molar-refractivity contribution in [3.8, 4) is 0 Å². The van der Waals surface area contributed by atoms with Crippen LogP contribution in [-0.4, -0.2) is 21.9 Å². The summed E-state index contributed by atoms with van der Waals surface area (Å²) in [6.45, 7) is 0. The van der Waals surface area contributed by atoms with Crippen LogP contribution >= 0.6 is 0 Å². The van der Waals surface area contributed by atoms with E-state index in [1.54, 1.807) is 6.20 Å². The van der Waals surface area contributed by atoms with Crippen LogP contribution in [0.4, 0.5) is 5.95 Å². The highest BCUT2D eigenvalue weighted by Crippen LogP contribution is 2.20. The number of aromatic nitrogens is 2. The number of anilines is 1. The number of hydrogen-bond acceptors (Lipinski definition) is 4. The van der Waals surface area contributed by atoms with Gasteiger partial charge in [0.05, 0.1) is 0 Å². The molecule has 0 unspecified atom stereocenters. The third-order valence-corrected chi connectivity index (χ3v) is 2.60. The van der Waals surface area contributed by atoms with Crippen molar-refractivity contribution >= 4 is 11.9 Å². The van der Waals surface area contributed by atoms with E-state index in [9.17, 15) is 4.79 Å². The van der Waals surface area contributed by atoms with Crippen molar-refractivity contribution in [2.75, 3.05) is 5.32 Å². The molecular formula is C10H14N4O. The van der Waals surface area contributed by atoms with Crippen LogP contribution in [0.5, 0.6) is 0 Å². The van der Waals surface area contributed by atoms with E-state index in [-0.39, 0.29) is 5.69 Å². The van der Waals surface area contributed by atoms with E-state index in [0.29, 0.717) is 12.0 Å². The predicted molar refractivity (Wildman–Crippen MR) is 56.4 cm³/mol. The Labute approximate surface area is 88.1 Å². The molecule has 0 atom stereocenters. The number of carbonyl (C=O) groups excluding carboxylic acids is 1. The molecule has 5 nitrogen and oxygen atoms in total. The van der Waals surface area contributed by atoms with E-state index in [0.717, 1.165) is 12.8 Å². The lowest BCUT2D eigenvalue weighted by Gasteiger charge is -2.11. The van der Waals surface area contributed by atoms with Gasteiger partial charge in [0.2, 0.25) is 5.95 Å². The molecule has 80 valence electrons. The number of hydrogen-bond donors (Lipinski definition) is 2. The Balaban J connectivity index is 2.07. The van der Waals surface area contributed by atoms with Crippen LogP contribution in [0.25, 0.3) is 0 Å². The SMILES string of the molecule is NC(=O)c1ccnc(NC2CCCC2)n1. The van der Waals surface area contributed by atoms with Crippen LogP contribution in [-0.2, 0) is 0 Å². The number of nitrogens with zero attached hydrogens (tertiary/aromatic N) is 2. The van der Waals surface area contributed by atoms with Gasteiger partial charge in [0.25, 0.3) is 5.91 Å². The summed E-state index contributed by atoms with van der Waals surface area (Å²) >= 11 is 0. The second-order valence-corrected chi connectivity index (χ2v) is 3.76. The van der Waals surface area contributed by atoms with Crippen LogP contribution in [0, 0.1) is 0 Å². The van der Waals surface area contributed by atoms with Crippen LogP contribution in [0.1, 0.15) is 36.2 Å². The highest BCUT2D eigenvalue weighted by molar-refractivity contribution is 5.90. The minimum Gasteiger partial charge on any atom is -0.364 e. The lowest BCUT2D eigenvalue weighted by molar-refractivity contribution is 0.0995. The maximum absolute atomic E-state index is 10.9. The minimum atomic E-state index is -0.521. The normalized spacial score (nSPS) is 16.5. The molecule has 15 heavy (non-hydrogen) atoms. The van der Waals surface area contributed by atoms with Gasteiger partial charge in [-0.1, -0.05) is 12.8 Å². The maximum atomic E-state index is 10.9. The summed E-state index contributed by atoms with van der Waals surface area (Å²) in [6.07, 6.45) is 6.32. The second-order valence-electron chi connectivity index (χ2n) is 3.76. The van der Waals surface area contributed by atoms with Gasteiger partial charge in [-0.15, -0.1) is 0 Å². The second kappa shape index (κ2) is 4.25. The summed E-state index contributed by atoms with van der Waals surface area (Å²) in [5.74, 6) is -0.0231. The molecule has 1 amide bonds. The van der Waals surface area contributed by atoms with Crippen molar-refractivity contribution in [1.29, 1.82) is 0 Å². The Bertz CT molecular complexity index is 360. The number of rotatable bonds is 3. The number of amides is 1. The van der Waals surface area contributed by atoms with Crippen LogP contribution < -0.4 is 11.1 Å². The molecule has 1 aromatic rings. The molecule has 1 aliphatic rings. The maximum Gasteiger partial charge on any atom is 0.267 e. The van der Waals surface area contributed by atoms with Gasteiger partial charge in [-0.25, -0.2) is 9.97 Å². The average Bonchev–Trinajstić information content (AvgIpc) is 2.71.